The molecule has 0 spiro atoms. The smallest absolute Gasteiger partial charge is 0.348 e. The predicted octanol–water partition coefficient (Wildman–Crippen LogP) is 1.06. The minimum Gasteiger partial charge on any atom is -0.348 e. The Bertz CT molecular complexity index is 356. The van der Waals surface area contributed by atoms with Crippen LogP contribution in [0.4, 0.5) is 13.2 Å². The van der Waals surface area contributed by atoms with Crippen LogP contribution in [0.15, 0.2) is 6.07 Å². The fourth-order valence-corrected chi connectivity index (χ4v) is 0.918. The molecule has 0 radical (unpaired) electrons. The summed E-state index contributed by atoms with van der Waals surface area (Å²) >= 11 is 0. The van der Waals surface area contributed by atoms with Gasteiger partial charge in [-0.05, 0) is 6.07 Å². The molecule has 1 heterocycles. The van der Waals surface area contributed by atoms with Crippen molar-refractivity contribution in [1.82, 2.24) is 15.1 Å². The zero-order valence-corrected chi connectivity index (χ0v) is 8.22. The lowest BCUT2D eigenvalue weighted by atomic mass is 10.2. The van der Waals surface area contributed by atoms with E-state index in [1.54, 1.807) is 0 Å². The minimum atomic E-state index is -4.48. The molecule has 0 aromatic carbocycles. The van der Waals surface area contributed by atoms with E-state index >= 15 is 0 Å². The summed E-state index contributed by atoms with van der Waals surface area (Å²) in [5, 5.41) is 5.26. The number of carbonyl (C=O) groups excluding carboxylic acids is 1. The van der Waals surface area contributed by atoms with Crippen molar-refractivity contribution in [1.29, 1.82) is 0 Å². The molecule has 7 heteroatoms. The Morgan fingerprint density at radius 2 is 2.13 bits per heavy atom. The fourth-order valence-electron chi connectivity index (χ4n) is 0.918. The Morgan fingerprint density at radius 1 is 1.53 bits per heavy atom. The number of halogens is 3. The zero-order valence-electron chi connectivity index (χ0n) is 8.22. The molecule has 1 aromatic heterocycles. The second kappa shape index (κ2) is 3.92. The summed E-state index contributed by atoms with van der Waals surface area (Å²) < 4.78 is 36.4. The van der Waals surface area contributed by atoms with Gasteiger partial charge in [-0.2, -0.15) is 18.3 Å². The maximum absolute atomic E-state index is 12.1. The van der Waals surface area contributed by atoms with Crippen molar-refractivity contribution >= 4 is 5.91 Å². The van der Waals surface area contributed by atoms with E-state index in [-0.39, 0.29) is 18.0 Å². The number of aromatic nitrogens is 2. The van der Waals surface area contributed by atoms with E-state index in [9.17, 15) is 18.0 Å². The molecule has 0 unspecified atom stereocenters. The highest BCUT2D eigenvalue weighted by molar-refractivity contribution is 5.77. The Kier molecular flexibility index (Phi) is 3.01. The van der Waals surface area contributed by atoms with Crippen molar-refractivity contribution in [3.8, 4) is 0 Å². The van der Waals surface area contributed by atoms with Gasteiger partial charge in [0.15, 0.2) is 5.69 Å². The molecule has 0 saturated carbocycles. The number of hydrogen-bond acceptors (Lipinski definition) is 2. The molecule has 1 N–H and O–H groups in total. The Labute approximate surface area is 84.1 Å². The molecular weight excluding hydrogens is 211 g/mol. The lowest BCUT2D eigenvalue weighted by Crippen LogP contribution is -2.23. The van der Waals surface area contributed by atoms with Gasteiger partial charge in [-0.25, -0.2) is 0 Å². The van der Waals surface area contributed by atoms with E-state index in [1.165, 1.54) is 19.0 Å². The fraction of sp³-hybridized carbons (Fsp3) is 0.500. The van der Waals surface area contributed by atoms with E-state index in [0.717, 1.165) is 6.07 Å². The van der Waals surface area contributed by atoms with Gasteiger partial charge in [-0.1, -0.05) is 0 Å². The molecule has 0 aliphatic carbocycles. The van der Waals surface area contributed by atoms with Gasteiger partial charge in [0.25, 0.3) is 0 Å². The molecule has 0 bridgehead atoms. The molecule has 84 valence electrons. The van der Waals surface area contributed by atoms with Crippen molar-refractivity contribution in [3.63, 3.8) is 0 Å². The highest BCUT2D eigenvalue weighted by Gasteiger charge is 2.33. The third kappa shape index (κ3) is 2.97. The van der Waals surface area contributed by atoms with Gasteiger partial charge in [-0.15, -0.1) is 0 Å². The minimum absolute atomic E-state index is 0.115. The quantitative estimate of drug-likeness (QED) is 0.811. The molecule has 1 aromatic rings. The maximum Gasteiger partial charge on any atom is 0.435 e. The monoisotopic (exact) mass is 221 g/mol. The molecule has 15 heavy (non-hydrogen) atoms. The first kappa shape index (κ1) is 11.5. The Morgan fingerprint density at radius 3 is 2.53 bits per heavy atom. The van der Waals surface area contributed by atoms with E-state index < -0.39 is 11.9 Å². The third-order valence-corrected chi connectivity index (χ3v) is 1.76. The molecule has 0 aliphatic rings. The van der Waals surface area contributed by atoms with Gasteiger partial charge >= 0.3 is 6.18 Å². The van der Waals surface area contributed by atoms with Crippen molar-refractivity contribution < 1.29 is 18.0 Å². The summed E-state index contributed by atoms with van der Waals surface area (Å²) in [4.78, 5) is 12.5. The van der Waals surface area contributed by atoms with Crippen LogP contribution < -0.4 is 0 Å². The first-order valence-electron chi connectivity index (χ1n) is 4.12. The number of nitrogens with zero attached hydrogens (tertiary/aromatic N) is 2. The number of amides is 1. The van der Waals surface area contributed by atoms with Crippen LogP contribution in [0.1, 0.15) is 11.4 Å². The molecule has 0 aliphatic heterocycles. The molecule has 4 nitrogen and oxygen atoms in total. The normalized spacial score (nSPS) is 11.5. The SMILES string of the molecule is CN(C)C(=O)Cc1cc(C(F)(F)F)n[nH]1. The summed E-state index contributed by atoms with van der Waals surface area (Å²) in [6.07, 6.45) is -4.59. The van der Waals surface area contributed by atoms with Crippen LogP contribution in [-0.4, -0.2) is 35.1 Å². The summed E-state index contributed by atoms with van der Waals surface area (Å²) in [5.41, 5.74) is -0.856. The van der Waals surface area contributed by atoms with E-state index in [2.05, 4.69) is 10.2 Å². The van der Waals surface area contributed by atoms with Crippen molar-refractivity contribution in [2.45, 2.75) is 12.6 Å². The first-order valence-corrected chi connectivity index (χ1v) is 4.12. The van der Waals surface area contributed by atoms with Crippen molar-refractivity contribution in [2.75, 3.05) is 14.1 Å². The highest BCUT2D eigenvalue weighted by atomic mass is 19.4. The number of alkyl halides is 3. The number of aromatic amines is 1. The van der Waals surface area contributed by atoms with Gasteiger partial charge in [0.05, 0.1) is 6.42 Å². The molecule has 0 saturated heterocycles. The van der Waals surface area contributed by atoms with Gasteiger partial charge in [-0.3, -0.25) is 9.89 Å². The standard InChI is InChI=1S/C8H10F3N3O/c1-14(2)7(15)4-5-3-6(13-12-5)8(9,10)11/h3H,4H2,1-2H3,(H,12,13). The predicted molar refractivity (Wildman–Crippen MR) is 46.0 cm³/mol. The average molecular weight is 221 g/mol. The largest absolute Gasteiger partial charge is 0.435 e. The van der Waals surface area contributed by atoms with Gasteiger partial charge in [0, 0.05) is 19.8 Å². The van der Waals surface area contributed by atoms with Gasteiger partial charge in [0.2, 0.25) is 5.91 Å². The summed E-state index contributed by atoms with van der Waals surface area (Å²) in [6, 6.07) is 0.835. The molecule has 1 rings (SSSR count). The van der Waals surface area contributed by atoms with Gasteiger partial charge in [0.1, 0.15) is 0 Å². The second-order valence-corrected chi connectivity index (χ2v) is 3.24. The van der Waals surface area contributed by atoms with Crippen LogP contribution in [0.5, 0.6) is 0 Å². The van der Waals surface area contributed by atoms with Crippen LogP contribution in [0.3, 0.4) is 0 Å². The zero-order chi connectivity index (χ0) is 11.6. The van der Waals surface area contributed by atoms with Gasteiger partial charge < -0.3 is 4.90 Å². The van der Waals surface area contributed by atoms with Crippen molar-refractivity contribution in [2.24, 2.45) is 0 Å². The number of nitrogens with one attached hydrogen (secondary N) is 1. The Balaban J connectivity index is 2.73. The molecule has 0 atom stereocenters. The highest BCUT2D eigenvalue weighted by Crippen LogP contribution is 2.27. The summed E-state index contributed by atoms with van der Waals surface area (Å²) in [7, 11) is 3.06. The summed E-state index contributed by atoms with van der Waals surface area (Å²) in [6.45, 7) is 0. The van der Waals surface area contributed by atoms with E-state index in [1.807, 2.05) is 0 Å². The van der Waals surface area contributed by atoms with E-state index in [0.29, 0.717) is 0 Å². The third-order valence-electron chi connectivity index (χ3n) is 1.76. The van der Waals surface area contributed by atoms with Crippen molar-refractivity contribution in [3.05, 3.63) is 17.5 Å². The Hall–Kier alpha value is -1.53. The molecular formula is C8H10F3N3O. The average Bonchev–Trinajstić information content (AvgIpc) is 2.51. The van der Waals surface area contributed by atoms with Crippen LogP contribution in [0, 0.1) is 0 Å². The second-order valence-electron chi connectivity index (χ2n) is 3.24. The molecule has 1 amide bonds. The number of rotatable bonds is 2. The molecule has 0 fully saturated rings. The van der Waals surface area contributed by atoms with Crippen LogP contribution >= 0.6 is 0 Å². The number of H-pyrrole nitrogens is 1. The number of hydrogen-bond donors (Lipinski definition) is 1. The van der Waals surface area contributed by atoms with E-state index in [4.69, 9.17) is 0 Å². The van der Waals surface area contributed by atoms with Crippen LogP contribution in [-0.2, 0) is 17.4 Å². The van der Waals surface area contributed by atoms with Crippen LogP contribution in [0.2, 0.25) is 0 Å². The lowest BCUT2D eigenvalue weighted by molar-refractivity contribution is -0.141. The first-order chi connectivity index (χ1) is 6.80. The summed E-state index contributed by atoms with van der Waals surface area (Å²) in [5.74, 6) is -0.285. The number of carbonyl (C=O) groups is 1. The van der Waals surface area contributed by atoms with Crippen LogP contribution in [0.25, 0.3) is 0 Å². The topological polar surface area (TPSA) is 49.0 Å². The lowest BCUT2D eigenvalue weighted by Gasteiger charge is -2.08. The number of likely N-dealkylation sites (N-methyl/N-ethyl adjacent to an activating group) is 1. The maximum atomic E-state index is 12.1.